The minimum absolute atomic E-state index is 0.246. The van der Waals surface area contributed by atoms with Crippen molar-refractivity contribution in [2.75, 3.05) is 6.61 Å². The quantitative estimate of drug-likeness (QED) is 0.630. The van der Waals surface area contributed by atoms with Crippen LogP contribution in [0.5, 0.6) is 5.75 Å². The molecule has 0 radical (unpaired) electrons. The monoisotopic (exact) mass is 291 g/mol. The van der Waals surface area contributed by atoms with Crippen molar-refractivity contribution in [2.24, 2.45) is 0 Å². The molecule has 21 heavy (non-hydrogen) atoms. The van der Waals surface area contributed by atoms with Crippen LogP contribution in [0.1, 0.15) is 36.2 Å². The highest BCUT2D eigenvalue weighted by atomic mass is 16.5. The third-order valence-corrected chi connectivity index (χ3v) is 3.17. The molecule has 6 nitrogen and oxygen atoms in total. The van der Waals surface area contributed by atoms with E-state index in [1.807, 2.05) is 6.92 Å². The molecular weight excluding hydrogens is 273 g/mol. The van der Waals surface area contributed by atoms with E-state index in [1.165, 1.54) is 6.92 Å². The summed E-state index contributed by atoms with van der Waals surface area (Å²) in [6, 6.07) is 5.13. The molecule has 0 aliphatic carbocycles. The zero-order valence-electron chi connectivity index (χ0n) is 12.1. The molecule has 0 unspecified atom stereocenters. The smallest absolute Gasteiger partial charge is 0.534 e. The number of para-hydroxylation sites is 1. The Morgan fingerprint density at radius 2 is 2.29 bits per heavy atom. The number of benzene rings is 1. The Labute approximate surface area is 123 Å². The largest absolute Gasteiger partial charge is 0.547 e. The van der Waals surface area contributed by atoms with E-state index < -0.39 is 19.0 Å². The van der Waals surface area contributed by atoms with E-state index in [0.29, 0.717) is 24.3 Å². The fourth-order valence-electron chi connectivity index (χ4n) is 2.24. The standard InChI is InChI=1S/C14H18BNO5/c1-3-7-20-14(18)11-6-4-5-10-8-12(16-9(2)17)15(19)21-13(10)11/h4-6,12,19H,3,7-8H2,1-2H3,(H,16,17)/t12-/m0/s1. The van der Waals surface area contributed by atoms with Crippen LogP contribution < -0.4 is 9.97 Å². The van der Waals surface area contributed by atoms with E-state index in [0.717, 1.165) is 12.0 Å². The van der Waals surface area contributed by atoms with Crippen LogP contribution in [0.25, 0.3) is 0 Å². The molecule has 0 aromatic heterocycles. The summed E-state index contributed by atoms with van der Waals surface area (Å²) in [5.74, 6) is -0.923. The van der Waals surface area contributed by atoms with Gasteiger partial charge in [-0.25, -0.2) is 4.79 Å². The maximum Gasteiger partial charge on any atom is 0.547 e. The van der Waals surface area contributed by atoms with E-state index in [2.05, 4.69) is 5.32 Å². The lowest BCUT2D eigenvalue weighted by Gasteiger charge is -2.28. The second-order valence-electron chi connectivity index (χ2n) is 4.95. The first-order valence-electron chi connectivity index (χ1n) is 6.93. The van der Waals surface area contributed by atoms with Crippen molar-refractivity contribution in [3.8, 4) is 5.75 Å². The lowest BCUT2D eigenvalue weighted by atomic mass is 9.72. The Balaban J connectivity index is 2.23. The molecule has 1 atom stereocenters. The molecule has 1 aliphatic rings. The predicted octanol–water partition coefficient (Wildman–Crippen LogP) is 0.713. The van der Waals surface area contributed by atoms with Crippen molar-refractivity contribution in [3.05, 3.63) is 29.3 Å². The Hall–Kier alpha value is -2.02. The van der Waals surface area contributed by atoms with Crippen molar-refractivity contribution in [1.82, 2.24) is 5.32 Å². The average Bonchev–Trinajstić information content (AvgIpc) is 2.44. The van der Waals surface area contributed by atoms with Gasteiger partial charge in [0.25, 0.3) is 0 Å². The minimum Gasteiger partial charge on any atom is -0.534 e. The first-order chi connectivity index (χ1) is 10.0. The van der Waals surface area contributed by atoms with Crippen LogP contribution in [0.3, 0.4) is 0 Å². The number of ether oxygens (including phenoxy) is 1. The second kappa shape index (κ2) is 6.63. The first kappa shape index (κ1) is 15.4. The van der Waals surface area contributed by atoms with Crippen molar-refractivity contribution in [1.29, 1.82) is 0 Å². The summed E-state index contributed by atoms with van der Waals surface area (Å²) in [4.78, 5) is 23.1. The molecule has 0 bridgehead atoms. The zero-order chi connectivity index (χ0) is 15.4. The SMILES string of the molecule is CCCOC(=O)c1cccc2c1OB(O)[C@@H](NC(C)=O)C2. The number of carbonyl (C=O) groups excluding carboxylic acids is 2. The van der Waals surface area contributed by atoms with Gasteiger partial charge in [0.2, 0.25) is 5.91 Å². The lowest BCUT2D eigenvalue weighted by Crippen LogP contribution is -2.52. The van der Waals surface area contributed by atoms with Gasteiger partial charge in [0.15, 0.2) is 0 Å². The van der Waals surface area contributed by atoms with Crippen molar-refractivity contribution < 1.29 is 24.0 Å². The van der Waals surface area contributed by atoms with Crippen LogP contribution in [0.15, 0.2) is 18.2 Å². The number of nitrogens with one attached hydrogen (secondary N) is 1. The first-order valence-corrected chi connectivity index (χ1v) is 6.93. The van der Waals surface area contributed by atoms with Crippen LogP contribution in [-0.2, 0) is 16.0 Å². The van der Waals surface area contributed by atoms with Crippen molar-refractivity contribution >= 4 is 19.0 Å². The molecule has 7 heteroatoms. The number of amides is 1. The maximum atomic E-state index is 12.0. The Morgan fingerprint density at radius 1 is 1.52 bits per heavy atom. The van der Waals surface area contributed by atoms with Gasteiger partial charge in [-0.1, -0.05) is 19.1 Å². The number of carbonyl (C=O) groups is 2. The van der Waals surface area contributed by atoms with Crippen LogP contribution in [0, 0.1) is 0 Å². The molecule has 0 saturated heterocycles. The molecule has 0 saturated carbocycles. The number of hydrogen-bond acceptors (Lipinski definition) is 5. The number of fused-ring (bicyclic) bond motifs is 1. The zero-order valence-corrected chi connectivity index (χ0v) is 12.1. The van der Waals surface area contributed by atoms with Crippen molar-refractivity contribution in [3.63, 3.8) is 0 Å². The molecule has 1 aromatic rings. The average molecular weight is 291 g/mol. The second-order valence-corrected chi connectivity index (χ2v) is 4.95. The molecule has 2 N–H and O–H groups in total. The summed E-state index contributed by atoms with van der Waals surface area (Å²) < 4.78 is 10.5. The third-order valence-electron chi connectivity index (χ3n) is 3.17. The topological polar surface area (TPSA) is 84.9 Å². The van der Waals surface area contributed by atoms with Gasteiger partial charge >= 0.3 is 13.1 Å². The Bertz CT molecular complexity index is 548. The highest BCUT2D eigenvalue weighted by molar-refractivity contribution is 6.47. The van der Waals surface area contributed by atoms with Gasteiger partial charge in [-0.05, 0) is 24.5 Å². The van der Waals surface area contributed by atoms with Gasteiger partial charge in [0.1, 0.15) is 11.3 Å². The number of rotatable bonds is 4. The number of hydrogen-bond donors (Lipinski definition) is 2. The Morgan fingerprint density at radius 3 is 2.95 bits per heavy atom. The van der Waals surface area contributed by atoms with Gasteiger partial charge in [-0.2, -0.15) is 0 Å². The normalized spacial score (nSPS) is 16.7. The predicted molar refractivity (Wildman–Crippen MR) is 76.9 cm³/mol. The molecule has 1 heterocycles. The van der Waals surface area contributed by atoms with Gasteiger partial charge < -0.3 is 19.7 Å². The van der Waals surface area contributed by atoms with Crippen LogP contribution in [0.2, 0.25) is 0 Å². The lowest BCUT2D eigenvalue weighted by molar-refractivity contribution is -0.119. The molecule has 0 spiro atoms. The van der Waals surface area contributed by atoms with Gasteiger partial charge in [0, 0.05) is 6.92 Å². The summed E-state index contributed by atoms with van der Waals surface area (Å²) in [5, 5.41) is 12.6. The van der Waals surface area contributed by atoms with Crippen molar-refractivity contribution in [2.45, 2.75) is 32.6 Å². The summed E-state index contributed by atoms with van der Waals surface area (Å²) >= 11 is 0. The van der Waals surface area contributed by atoms with Gasteiger partial charge in [-0.3, -0.25) is 4.79 Å². The molecule has 0 fully saturated rings. The van der Waals surface area contributed by atoms with Crippen LogP contribution >= 0.6 is 0 Å². The van der Waals surface area contributed by atoms with E-state index in [-0.39, 0.29) is 5.91 Å². The fourth-order valence-corrected chi connectivity index (χ4v) is 2.24. The fraction of sp³-hybridized carbons (Fsp3) is 0.429. The molecule has 1 aliphatic heterocycles. The molecular formula is C14H18BNO5. The highest BCUT2D eigenvalue weighted by Crippen LogP contribution is 2.30. The molecule has 2 rings (SSSR count). The minimum atomic E-state index is -1.19. The van der Waals surface area contributed by atoms with E-state index in [9.17, 15) is 14.6 Å². The number of esters is 1. The van der Waals surface area contributed by atoms with Crippen LogP contribution in [-0.4, -0.2) is 36.6 Å². The summed E-state index contributed by atoms with van der Waals surface area (Å²) in [7, 11) is -1.19. The van der Waals surface area contributed by atoms with E-state index in [1.54, 1.807) is 18.2 Å². The maximum absolute atomic E-state index is 12.0. The molecule has 1 amide bonds. The Kier molecular flexibility index (Phi) is 4.85. The van der Waals surface area contributed by atoms with Gasteiger partial charge in [-0.15, -0.1) is 0 Å². The highest BCUT2D eigenvalue weighted by Gasteiger charge is 2.37. The molecule has 112 valence electrons. The van der Waals surface area contributed by atoms with E-state index >= 15 is 0 Å². The summed E-state index contributed by atoms with van der Waals surface area (Å²) in [6.07, 6.45) is 1.12. The van der Waals surface area contributed by atoms with Crippen LogP contribution in [0.4, 0.5) is 0 Å². The summed E-state index contributed by atoms with van der Waals surface area (Å²) in [6.45, 7) is 3.62. The summed E-state index contributed by atoms with van der Waals surface area (Å²) in [5.41, 5.74) is 1.05. The third kappa shape index (κ3) is 3.55. The molecule has 1 aromatic carbocycles. The van der Waals surface area contributed by atoms with E-state index in [4.69, 9.17) is 9.39 Å². The van der Waals surface area contributed by atoms with Gasteiger partial charge in [0.05, 0.1) is 12.5 Å².